The van der Waals surface area contributed by atoms with E-state index in [2.05, 4.69) is 36.6 Å². The zero-order valence-electron chi connectivity index (χ0n) is 11.9. The highest BCUT2D eigenvalue weighted by Gasteiger charge is 2.04. The van der Waals surface area contributed by atoms with Crippen LogP contribution in [0.3, 0.4) is 0 Å². The molecule has 0 aliphatic heterocycles. The van der Waals surface area contributed by atoms with Crippen molar-refractivity contribution in [3.63, 3.8) is 0 Å². The number of anilines is 2. The number of para-hydroxylation sites is 1. The number of methoxy groups -OCH3 is 1. The molecule has 0 heterocycles. The van der Waals surface area contributed by atoms with Crippen molar-refractivity contribution >= 4 is 28.7 Å². The monoisotopic (exact) mass is 286 g/mol. The Hall–Kier alpha value is -2.07. The summed E-state index contributed by atoms with van der Waals surface area (Å²) in [5.74, 6) is 0.823. The fourth-order valence-electron chi connectivity index (χ4n) is 1.96. The number of hydrogen-bond donors (Lipinski definition) is 2. The van der Waals surface area contributed by atoms with Crippen LogP contribution >= 0.6 is 12.2 Å². The van der Waals surface area contributed by atoms with Crippen molar-refractivity contribution in [1.29, 1.82) is 0 Å². The van der Waals surface area contributed by atoms with Gasteiger partial charge in [0.25, 0.3) is 0 Å². The molecule has 0 saturated heterocycles. The van der Waals surface area contributed by atoms with Gasteiger partial charge in [-0.25, -0.2) is 0 Å². The van der Waals surface area contributed by atoms with Crippen molar-refractivity contribution in [3.05, 3.63) is 53.6 Å². The highest BCUT2D eigenvalue weighted by atomic mass is 32.1. The van der Waals surface area contributed by atoms with Crippen LogP contribution in [0.5, 0.6) is 5.75 Å². The Kier molecular flexibility index (Phi) is 4.58. The van der Waals surface area contributed by atoms with Crippen molar-refractivity contribution in [1.82, 2.24) is 0 Å². The van der Waals surface area contributed by atoms with E-state index < -0.39 is 0 Å². The van der Waals surface area contributed by atoms with Crippen LogP contribution in [0.15, 0.2) is 42.5 Å². The summed E-state index contributed by atoms with van der Waals surface area (Å²) in [5, 5.41) is 6.98. The molecule has 2 N–H and O–H groups in total. The molecule has 104 valence electrons. The third-order valence-corrected chi connectivity index (χ3v) is 3.27. The zero-order valence-corrected chi connectivity index (χ0v) is 12.7. The lowest BCUT2D eigenvalue weighted by molar-refractivity contribution is 0.415. The summed E-state index contributed by atoms with van der Waals surface area (Å²) in [6.45, 7) is 4.12. The summed E-state index contributed by atoms with van der Waals surface area (Å²) in [6, 6.07) is 13.8. The van der Waals surface area contributed by atoms with Gasteiger partial charge in [-0.3, -0.25) is 0 Å². The number of hydrogen-bond acceptors (Lipinski definition) is 2. The third-order valence-electron chi connectivity index (χ3n) is 3.07. The van der Waals surface area contributed by atoms with Crippen molar-refractivity contribution in [2.45, 2.75) is 13.8 Å². The molecule has 0 amide bonds. The molecule has 2 aromatic rings. The van der Waals surface area contributed by atoms with Crippen molar-refractivity contribution in [3.8, 4) is 5.75 Å². The molecule has 0 bridgehead atoms. The third kappa shape index (κ3) is 3.48. The summed E-state index contributed by atoms with van der Waals surface area (Å²) in [5.41, 5.74) is 4.32. The molecule has 3 nitrogen and oxygen atoms in total. The van der Waals surface area contributed by atoms with Gasteiger partial charge in [-0.1, -0.05) is 18.2 Å². The summed E-state index contributed by atoms with van der Waals surface area (Å²) in [4.78, 5) is 0. The van der Waals surface area contributed by atoms with E-state index in [9.17, 15) is 0 Å². The van der Waals surface area contributed by atoms with Crippen LogP contribution in [0.4, 0.5) is 11.4 Å². The first kappa shape index (κ1) is 14.3. The van der Waals surface area contributed by atoms with Crippen LogP contribution in [0, 0.1) is 13.8 Å². The SMILES string of the molecule is COc1ccc(NC(=S)Nc2c(C)cccc2C)cc1. The molecule has 2 rings (SSSR count). The highest BCUT2D eigenvalue weighted by Crippen LogP contribution is 2.20. The number of rotatable bonds is 3. The van der Waals surface area contributed by atoms with Gasteiger partial charge < -0.3 is 15.4 Å². The second-order valence-electron chi connectivity index (χ2n) is 4.57. The van der Waals surface area contributed by atoms with E-state index in [1.807, 2.05) is 30.3 Å². The molecule has 0 aliphatic rings. The molecule has 20 heavy (non-hydrogen) atoms. The van der Waals surface area contributed by atoms with Crippen molar-refractivity contribution < 1.29 is 4.74 Å². The van der Waals surface area contributed by atoms with Gasteiger partial charge in [0.05, 0.1) is 7.11 Å². The number of thiocarbonyl (C=S) groups is 1. The predicted octanol–water partition coefficient (Wildman–Crippen LogP) is 4.12. The Bertz CT molecular complexity index is 588. The standard InChI is InChI=1S/C16H18N2OS/c1-11-5-4-6-12(2)15(11)18-16(20)17-13-7-9-14(19-3)10-8-13/h4-10H,1-3H3,(H2,17,18,20). The van der Waals surface area contributed by atoms with Gasteiger partial charge in [0.1, 0.15) is 5.75 Å². The summed E-state index contributed by atoms with van der Waals surface area (Å²) in [7, 11) is 1.65. The number of benzene rings is 2. The van der Waals surface area contributed by atoms with E-state index in [-0.39, 0.29) is 0 Å². The van der Waals surface area contributed by atoms with Crippen LogP contribution < -0.4 is 15.4 Å². The molecular formula is C16H18N2OS. The average Bonchev–Trinajstić information content (AvgIpc) is 2.44. The molecule has 0 radical (unpaired) electrons. The maximum Gasteiger partial charge on any atom is 0.175 e. The van der Waals surface area contributed by atoms with Gasteiger partial charge in [0.2, 0.25) is 0 Å². The second kappa shape index (κ2) is 6.39. The largest absolute Gasteiger partial charge is 0.497 e. The fourth-order valence-corrected chi connectivity index (χ4v) is 2.18. The van der Waals surface area contributed by atoms with E-state index in [4.69, 9.17) is 17.0 Å². The smallest absolute Gasteiger partial charge is 0.175 e. The molecule has 0 aromatic heterocycles. The predicted molar refractivity (Wildman–Crippen MR) is 88.8 cm³/mol. The Balaban J connectivity index is 2.05. The number of ether oxygens (including phenoxy) is 1. The van der Waals surface area contributed by atoms with Crippen LogP contribution in [0.25, 0.3) is 0 Å². The summed E-state index contributed by atoms with van der Waals surface area (Å²) < 4.78 is 5.13. The zero-order chi connectivity index (χ0) is 14.5. The van der Waals surface area contributed by atoms with E-state index in [0.29, 0.717) is 5.11 Å². The van der Waals surface area contributed by atoms with Gasteiger partial charge >= 0.3 is 0 Å². The van der Waals surface area contributed by atoms with E-state index in [1.165, 1.54) is 11.1 Å². The van der Waals surface area contributed by atoms with Crippen LogP contribution in [0.2, 0.25) is 0 Å². The minimum Gasteiger partial charge on any atom is -0.497 e. The minimum atomic E-state index is 0.576. The fraction of sp³-hybridized carbons (Fsp3) is 0.188. The lowest BCUT2D eigenvalue weighted by Crippen LogP contribution is -2.20. The van der Waals surface area contributed by atoms with Gasteiger partial charge in [0.15, 0.2) is 5.11 Å². The summed E-state index contributed by atoms with van der Waals surface area (Å²) >= 11 is 5.35. The van der Waals surface area contributed by atoms with Gasteiger partial charge in [-0.2, -0.15) is 0 Å². The van der Waals surface area contributed by atoms with Crippen molar-refractivity contribution in [2.24, 2.45) is 0 Å². The van der Waals surface area contributed by atoms with E-state index >= 15 is 0 Å². The quantitative estimate of drug-likeness (QED) is 0.832. The Morgan fingerprint density at radius 3 is 2.10 bits per heavy atom. The molecule has 0 unspecified atom stereocenters. The Labute approximate surface area is 125 Å². The number of nitrogens with one attached hydrogen (secondary N) is 2. The van der Waals surface area contributed by atoms with Gasteiger partial charge in [-0.05, 0) is 61.5 Å². The molecule has 0 saturated carbocycles. The molecule has 0 atom stereocenters. The maximum atomic E-state index is 5.35. The van der Waals surface area contributed by atoms with Gasteiger partial charge in [-0.15, -0.1) is 0 Å². The van der Waals surface area contributed by atoms with Crippen LogP contribution in [-0.2, 0) is 0 Å². The maximum absolute atomic E-state index is 5.35. The minimum absolute atomic E-state index is 0.576. The van der Waals surface area contributed by atoms with E-state index in [0.717, 1.165) is 17.1 Å². The Morgan fingerprint density at radius 2 is 1.55 bits per heavy atom. The van der Waals surface area contributed by atoms with Gasteiger partial charge in [0, 0.05) is 11.4 Å². The lowest BCUT2D eigenvalue weighted by atomic mass is 10.1. The molecule has 0 fully saturated rings. The van der Waals surface area contributed by atoms with E-state index in [1.54, 1.807) is 7.11 Å². The first-order valence-corrected chi connectivity index (χ1v) is 6.79. The molecule has 0 spiro atoms. The van der Waals surface area contributed by atoms with Crippen LogP contribution in [0.1, 0.15) is 11.1 Å². The average molecular weight is 286 g/mol. The molecule has 2 aromatic carbocycles. The topological polar surface area (TPSA) is 33.3 Å². The first-order valence-electron chi connectivity index (χ1n) is 6.38. The first-order chi connectivity index (χ1) is 9.60. The number of aryl methyl sites for hydroxylation is 2. The summed E-state index contributed by atoms with van der Waals surface area (Å²) in [6.07, 6.45) is 0. The van der Waals surface area contributed by atoms with Crippen molar-refractivity contribution in [2.75, 3.05) is 17.7 Å². The Morgan fingerprint density at radius 1 is 0.950 bits per heavy atom. The molecular weight excluding hydrogens is 268 g/mol. The second-order valence-corrected chi connectivity index (χ2v) is 4.98. The lowest BCUT2D eigenvalue weighted by Gasteiger charge is -2.14. The highest BCUT2D eigenvalue weighted by molar-refractivity contribution is 7.80. The normalized spacial score (nSPS) is 9.95. The molecule has 4 heteroatoms. The van der Waals surface area contributed by atoms with Crippen LogP contribution in [-0.4, -0.2) is 12.2 Å². The molecule has 0 aliphatic carbocycles.